The molecule has 0 radical (unpaired) electrons. The molecule has 0 amide bonds. The van der Waals surface area contributed by atoms with Crippen molar-refractivity contribution in [2.75, 3.05) is 25.6 Å². The number of rotatable bonds is 9. The monoisotopic (exact) mass is 425 g/mol. The summed E-state index contributed by atoms with van der Waals surface area (Å²) in [6, 6.07) is 13.1. The van der Waals surface area contributed by atoms with Crippen molar-refractivity contribution in [2.45, 2.75) is 25.5 Å². The maximum absolute atomic E-state index is 13.0. The minimum atomic E-state index is -0.323. The number of methoxy groups -OCH3 is 1. The zero-order valence-electron chi connectivity index (χ0n) is 17.2. The van der Waals surface area contributed by atoms with Crippen molar-refractivity contribution in [1.29, 1.82) is 0 Å². The fourth-order valence-electron chi connectivity index (χ4n) is 3.19. The van der Waals surface area contributed by atoms with E-state index in [0.29, 0.717) is 42.2 Å². The fraction of sp³-hybridized carbons (Fsp3) is 0.304. The van der Waals surface area contributed by atoms with E-state index in [4.69, 9.17) is 18.9 Å². The number of anilines is 1. The second-order valence-electron chi connectivity index (χ2n) is 7.06. The number of hydrogen-bond donors (Lipinski definition) is 1. The molecule has 0 spiro atoms. The van der Waals surface area contributed by atoms with E-state index in [9.17, 15) is 4.39 Å². The van der Waals surface area contributed by atoms with Crippen molar-refractivity contribution in [1.82, 2.24) is 9.97 Å². The van der Waals surface area contributed by atoms with E-state index in [1.807, 2.05) is 18.2 Å². The summed E-state index contributed by atoms with van der Waals surface area (Å²) in [6.07, 6.45) is 3.84. The van der Waals surface area contributed by atoms with Gasteiger partial charge in [0.1, 0.15) is 18.2 Å². The van der Waals surface area contributed by atoms with Crippen LogP contribution in [0.4, 0.5) is 10.3 Å². The van der Waals surface area contributed by atoms with Gasteiger partial charge in [-0.3, -0.25) is 0 Å². The molecule has 162 valence electrons. The van der Waals surface area contributed by atoms with Crippen LogP contribution in [0.3, 0.4) is 0 Å². The molecule has 1 atom stereocenters. The molecule has 2 heterocycles. The lowest BCUT2D eigenvalue weighted by atomic mass is 10.2. The third kappa shape index (κ3) is 5.82. The number of nitrogens with one attached hydrogen (secondary N) is 1. The number of halogens is 1. The van der Waals surface area contributed by atoms with Gasteiger partial charge in [-0.1, -0.05) is 6.07 Å². The van der Waals surface area contributed by atoms with Crippen LogP contribution in [0.25, 0.3) is 0 Å². The molecule has 1 aromatic heterocycles. The normalized spacial score (nSPS) is 15.5. The van der Waals surface area contributed by atoms with Gasteiger partial charge in [-0.15, -0.1) is 0 Å². The Kier molecular flexibility index (Phi) is 6.78. The predicted octanol–water partition coefficient (Wildman–Crippen LogP) is 4.59. The topological polar surface area (TPSA) is 74.7 Å². The van der Waals surface area contributed by atoms with E-state index in [0.717, 1.165) is 25.0 Å². The highest BCUT2D eigenvalue weighted by Crippen LogP contribution is 2.29. The van der Waals surface area contributed by atoms with Gasteiger partial charge in [-0.25, -0.2) is 9.37 Å². The number of ether oxygens (including phenoxy) is 4. The van der Waals surface area contributed by atoms with Crippen molar-refractivity contribution >= 4 is 5.95 Å². The van der Waals surface area contributed by atoms with Crippen LogP contribution in [0.5, 0.6) is 23.1 Å². The number of nitrogens with zero attached hydrogens (tertiary/aromatic N) is 2. The van der Waals surface area contributed by atoms with E-state index in [1.54, 1.807) is 31.5 Å². The lowest BCUT2D eigenvalue weighted by molar-refractivity contribution is 0.0669. The third-order valence-corrected chi connectivity index (χ3v) is 4.79. The Morgan fingerprint density at radius 2 is 2.00 bits per heavy atom. The van der Waals surface area contributed by atoms with Crippen LogP contribution in [0.2, 0.25) is 0 Å². The summed E-state index contributed by atoms with van der Waals surface area (Å²) in [7, 11) is 1.62. The molecular formula is C23H24FN3O4. The summed E-state index contributed by atoms with van der Waals surface area (Å²) in [5, 5.41) is 3.17. The number of benzene rings is 2. The molecule has 1 N–H and O–H groups in total. The van der Waals surface area contributed by atoms with E-state index in [2.05, 4.69) is 15.3 Å². The molecule has 2 aromatic carbocycles. The highest BCUT2D eigenvalue weighted by Gasteiger charge is 2.17. The Morgan fingerprint density at radius 1 is 1.13 bits per heavy atom. The Hall–Kier alpha value is -3.39. The molecule has 31 heavy (non-hydrogen) atoms. The van der Waals surface area contributed by atoms with Crippen LogP contribution in [-0.2, 0) is 11.3 Å². The Morgan fingerprint density at radius 3 is 2.77 bits per heavy atom. The molecule has 0 saturated carbocycles. The second-order valence-corrected chi connectivity index (χ2v) is 7.06. The summed E-state index contributed by atoms with van der Waals surface area (Å²) in [5.74, 6) is 2.29. The van der Waals surface area contributed by atoms with Crippen LogP contribution in [0.1, 0.15) is 18.4 Å². The largest absolute Gasteiger partial charge is 0.493 e. The van der Waals surface area contributed by atoms with E-state index < -0.39 is 0 Å². The number of hydrogen-bond acceptors (Lipinski definition) is 7. The van der Waals surface area contributed by atoms with Gasteiger partial charge in [0.05, 0.1) is 13.2 Å². The lowest BCUT2D eigenvalue weighted by Crippen LogP contribution is -2.16. The molecule has 1 saturated heterocycles. The van der Waals surface area contributed by atoms with Gasteiger partial charge in [-0.2, -0.15) is 4.98 Å². The zero-order valence-corrected chi connectivity index (χ0v) is 17.2. The predicted molar refractivity (Wildman–Crippen MR) is 113 cm³/mol. The van der Waals surface area contributed by atoms with Crippen molar-refractivity contribution in [3.8, 4) is 23.1 Å². The summed E-state index contributed by atoms with van der Waals surface area (Å²) < 4.78 is 35.6. The fourth-order valence-corrected chi connectivity index (χ4v) is 3.19. The molecule has 0 bridgehead atoms. The van der Waals surface area contributed by atoms with Crippen LogP contribution >= 0.6 is 0 Å². The van der Waals surface area contributed by atoms with Gasteiger partial charge in [0, 0.05) is 25.4 Å². The minimum absolute atomic E-state index is 0.146. The molecule has 1 fully saturated rings. The quantitative estimate of drug-likeness (QED) is 0.538. The molecule has 7 nitrogen and oxygen atoms in total. The van der Waals surface area contributed by atoms with Gasteiger partial charge in [0.2, 0.25) is 11.8 Å². The van der Waals surface area contributed by atoms with E-state index in [1.165, 1.54) is 12.1 Å². The summed E-state index contributed by atoms with van der Waals surface area (Å²) in [6.45, 7) is 1.80. The van der Waals surface area contributed by atoms with Crippen molar-refractivity contribution in [3.05, 3.63) is 66.1 Å². The Labute approximate surface area is 180 Å². The maximum atomic E-state index is 13.0. The van der Waals surface area contributed by atoms with Crippen LogP contribution in [-0.4, -0.2) is 36.4 Å². The molecule has 4 rings (SSSR count). The van der Waals surface area contributed by atoms with Gasteiger partial charge in [0.25, 0.3) is 0 Å². The highest BCUT2D eigenvalue weighted by molar-refractivity contribution is 5.44. The summed E-state index contributed by atoms with van der Waals surface area (Å²) >= 11 is 0. The van der Waals surface area contributed by atoms with Crippen LogP contribution in [0.15, 0.2) is 54.7 Å². The average molecular weight is 425 g/mol. The molecule has 1 unspecified atom stereocenters. The van der Waals surface area contributed by atoms with E-state index in [-0.39, 0.29) is 11.9 Å². The summed E-state index contributed by atoms with van der Waals surface area (Å²) in [5.41, 5.74) is 0.981. The Bertz CT molecular complexity index is 994. The molecule has 1 aliphatic heterocycles. The Balaban J connectivity index is 1.35. The van der Waals surface area contributed by atoms with Gasteiger partial charge in [-0.05, 0) is 54.8 Å². The third-order valence-electron chi connectivity index (χ3n) is 4.79. The van der Waals surface area contributed by atoms with Crippen LogP contribution < -0.4 is 19.5 Å². The highest BCUT2D eigenvalue weighted by atomic mass is 19.1. The first kappa shape index (κ1) is 20.9. The zero-order chi connectivity index (χ0) is 21.5. The molecule has 0 aliphatic carbocycles. The van der Waals surface area contributed by atoms with Crippen molar-refractivity contribution in [3.63, 3.8) is 0 Å². The number of aromatic nitrogens is 2. The standard InChI is InChI=1S/C23H24FN3O4/c1-28-21-13-16(4-9-20(21)30-15-19-3-2-12-29-19)14-26-23-25-11-10-22(27-23)31-18-7-5-17(24)6-8-18/h4-11,13,19H,2-3,12,14-15H2,1H3,(H,25,26,27). The smallest absolute Gasteiger partial charge is 0.226 e. The van der Waals surface area contributed by atoms with Gasteiger partial charge in [0.15, 0.2) is 11.5 Å². The van der Waals surface area contributed by atoms with Gasteiger partial charge >= 0.3 is 0 Å². The second kappa shape index (κ2) is 10.1. The average Bonchev–Trinajstić information content (AvgIpc) is 3.32. The summed E-state index contributed by atoms with van der Waals surface area (Å²) in [4.78, 5) is 8.54. The first-order valence-electron chi connectivity index (χ1n) is 10.1. The van der Waals surface area contributed by atoms with Crippen molar-refractivity contribution in [2.24, 2.45) is 0 Å². The molecule has 1 aliphatic rings. The maximum Gasteiger partial charge on any atom is 0.226 e. The van der Waals surface area contributed by atoms with Gasteiger partial charge < -0.3 is 24.3 Å². The SMILES string of the molecule is COc1cc(CNc2nccc(Oc3ccc(F)cc3)n2)ccc1OCC1CCCO1. The molecule has 3 aromatic rings. The molecule has 8 heteroatoms. The first-order chi connectivity index (χ1) is 15.2. The first-order valence-corrected chi connectivity index (χ1v) is 10.1. The van der Waals surface area contributed by atoms with E-state index >= 15 is 0 Å². The lowest BCUT2D eigenvalue weighted by Gasteiger charge is -2.15. The van der Waals surface area contributed by atoms with Crippen LogP contribution in [0, 0.1) is 5.82 Å². The minimum Gasteiger partial charge on any atom is -0.493 e. The van der Waals surface area contributed by atoms with Crippen molar-refractivity contribution < 1.29 is 23.3 Å². The molecular weight excluding hydrogens is 401 g/mol.